The Labute approximate surface area is 137 Å². The zero-order chi connectivity index (χ0) is 16.4. The van der Waals surface area contributed by atoms with Gasteiger partial charge in [0.2, 0.25) is 6.29 Å². The van der Waals surface area contributed by atoms with Crippen LogP contribution in [0, 0.1) is 5.82 Å². The van der Waals surface area contributed by atoms with Crippen LogP contribution in [0.3, 0.4) is 0 Å². The first kappa shape index (κ1) is 14.9. The molecule has 0 aromatic carbocycles. The molecule has 0 unspecified atom stereocenters. The van der Waals surface area contributed by atoms with Crippen LogP contribution in [0.15, 0.2) is 49.1 Å². The highest BCUT2D eigenvalue weighted by molar-refractivity contribution is 5.57. The molecule has 0 saturated carbocycles. The van der Waals surface area contributed by atoms with Gasteiger partial charge in [-0.05, 0) is 18.6 Å². The third kappa shape index (κ3) is 3.04. The minimum atomic E-state index is -0.429. The van der Waals surface area contributed by atoms with Crippen molar-refractivity contribution in [3.8, 4) is 16.9 Å². The fourth-order valence-corrected chi connectivity index (χ4v) is 2.52. The first-order valence-electron chi connectivity index (χ1n) is 7.66. The smallest absolute Gasteiger partial charge is 0.201 e. The lowest BCUT2D eigenvalue weighted by atomic mass is 10.2. The molecule has 7 heteroatoms. The SMILES string of the molecule is Fc1cncc(-n2cc(-c3cccc(C4OCCCO4)n3)cn2)c1. The van der Waals surface area contributed by atoms with Crippen LogP contribution in [-0.4, -0.2) is 33.0 Å². The van der Waals surface area contributed by atoms with Crippen LogP contribution in [0.2, 0.25) is 0 Å². The minimum absolute atomic E-state index is 0.406. The van der Waals surface area contributed by atoms with Gasteiger partial charge in [-0.25, -0.2) is 14.1 Å². The van der Waals surface area contributed by atoms with Gasteiger partial charge in [-0.15, -0.1) is 0 Å². The van der Waals surface area contributed by atoms with Crippen molar-refractivity contribution in [2.75, 3.05) is 13.2 Å². The average Bonchev–Trinajstić information content (AvgIpc) is 3.13. The van der Waals surface area contributed by atoms with E-state index >= 15 is 0 Å². The van der Waals surface area contributed by atoms with Gasteiger partial charge in [0, 0.05) is 17.8 Å². The van der Waals surface area contributed by atoms with Crippen molar-refractivity contribution >= 4 is 0 Å². The van der Waals surface area contributed by atoms with Gasteiger partial charge in [-0.3, -0.25) is 4.98 Å². The minimum Gasteiger partial charge on any atom is -0.347 e. The molecule has 3 aromatic heterocycles. The molecule has 0 aliphatic carbocycles. The first-order valence-corrected chi connectivity index (χ1v) is 7.66. The fourth-order valence-electron chi connectivity index (χ4n) is 2.52. The third-order valence-electron chi connectivity index (χ3n) is 3.67. The molecule has 4 rings (SSSR count). The van der Waals surface area contributed by atoms with Gasteiger partial charge in [0.1, 0.15) is 5.82 Å². The third-order valence-corrected chi connectivity index (χ3v) is 3.67. The Morgan fingerprint density at radius 2 is 2.00 bits per heavy atom. The van der Waals surface area contributed by atoms with E-state index in [0.717, 1.165) is 29.6 Å². The second kappa shape index (κ2) is 6.46. The van der Waals surface area contributed by atoms with Crippen LogP contribution in [0.25, 0.3) is 16.9 Å². The second-order valence-electron chi connectivity index (χ2n) is 5.41. The normalized spacial score (nSPS) is 15.5. The van der Waals surface area contributed by atoms with Crippen LogP contribution in [0.5, 0.6) is 0 Å². The van der Waals surface area contributed by atoms with Gasteiger partial charge in [-0.2, -0.15) is 5.10 Å². The summed E-state index contributed by atoms with van der Waals surface area (Å²) in [7, 11) is 0. The molecule has 24 heavy (non-hydrogen) atoms. The largest absolute Gasteiger partial charge is 0.347 e. The predicted octanol–water partition coefficient (Wildman–Crippen LogP) is 2.90. The van der Waals surface area contributed by atoms with Crippen molar-refractivity contribution in [3.05, 3.63) is 60.6 Å². The Hall–Kier alpha value is -2.64. The average molecular weight is 326 g/mol. The van der Waals surface area contributed by atoms with Crippen molar-refractivity contribution in [2.45, 2.75) is 12.7 Å². The predicted molar refractivity (Wildman–Crippen MR) is 83.8 cm³/mol. The first-order chi connectivity index (χ1) is 11.8. The van der Waals surface area contributed by atoms with Gasteiger partial charge >= 0.3 is 0 Å². The molecule has 3 aromatic rings. The number of rotatable bonds is 3. The number of pyridine rings is 2. The summed E-state index contributed by atoms with van der Waals surface area (Å²) in [5.41, 5.74) is 2.85. The van der Waals surface area contributed by atoms with Gasteiger partial charge < -0.3 is 9.47 Å². The number of aromatic nitrogens is 4. The molecule has 0 atom stereocenters. The molecule has 1 aliphatic rings. The van der Waals surface area contributed by atoms with E-state index in [-0.39, 0.29) is 0 Å². The summed E-state index contributed by atoms with van der Waals surface area (Å²) in [6.45, 7) is 1.34. The fraction of sp³-hybridized carbons (Fsp3) is 0.235. The molecule has 1 fully saturated rings. The molecule has 0 N–H and O–H groups in total. The maximum Gasteiger partial charge on any atom is 0.201 e. The van der Waals surface area contributed by atoms with Gasteiger partial charge in [-0.1, -0.05) is 6.07 Å². The molecule has 1 aliphatic heterocycles. The summed E-state index contributed by atoms with van der Waals surface area (Å²) in [5, 5.41) is 4.25. The Morgan fingerprint density at radius 3 is 2.83 bits per heavy atom. The summed E-state index contributed by atoms with van der Waals surface area (Å²) in [4.78, 5) is 8.43. The number of hydrogen-bond donors (Lipinski definition) is 0. The van der Waals surface area contributed by atoms with Crippen molar-refractivity contribution < 1.29 is 13.9 Å². The lowest BCUT2D eigenvalue weighted by Gasteiger charge is -2.22. The molecule has 0 spiro atoms. The van der Waals surface area contributed by atoms with E-state index < -0.39 is 12.1 Å². The van der Waals surface area contributed by atoms with Gasteiger partial charge in [0.15, 0.2) is 0 Å². The number of ether oxygens (including phenoxy) is 2. The summed E-state index contributed by atoms with van der Waals surface area (Å²) in [5.74, 6) is -0.406. The lowest BCUT2D eigenvalue weighted by molar-refractivity contribution is -0.185. The molecular formula is C17H15FN4O2. The van der Waals surface area contributed by atoms with E-state index in [2.05, 4.69) is 15.1 Å². The quantitative estimate of drug-likeness (QED) is 0.740. The molecular weight excluding hydrogens is 311 g/mol. The maximum absolute atomic E-state index is 13.3. The Balaban J connectivity index is 1.62. The van der Waals surface area contributed by atoms with Crippen LogP contribution < -0.4 is 0 Å². The molecule has 4 heterocycles. The van der Waals surface area contributed by atoms with E-state index in [4.69, 9.17) is 9.47 Å². The highest BCUT2D eigenvalue weighted by atomic mass is 19.1. The summed E-state index contributed by atoms with van der Waals surface area (Å²) < 4.78 is 26.0. The van der Waals surface area contributed by atoms with E-state index in [1.165, 1.54) is 6.07 Å². The number of hydrogen-bond acceptors (Lipinski definition) is 5. The summed E-state index contributed by atoms with van der Waals surface area (Å²) >= 11 is 0. The van der Waals surface area contributed by atoms with E-state index in [9.17, 15) is 4.39 Å². The van der Waals surface area contributed by atoms with E-state index in [0.29, 0.717) is 18.9 Å². The van der Waals surface area contributed by atoms with Crippen LogP contribution in [0.1, 0.15) is 18.4 Å². The lowest BCUT2D eigenvalue weighted by Crippen LogP contribution is -2.18. The van der Waals surface area contributed by atoms with Crippen molar-refractivity contribution in [2.24, 2.45) is 0 Å². The number of nitrogens with zero attached hydrogens (tertiary/aromatic N) is 4. The Kier molecular flexibility index (Phi) is 4.02. The van der Waals surface area contributed by atoms with Gasteiger partial charge in [0.05, 0.1) is 48.9 Å². The van der Waals surface area contributed by atoms with Crippen molar-refractivity contribution in [1.29, 1.82) is 0 Å². The molecule has 0 amide bonds. The maximum atomic E-state index is 13.3. The zero-order valence-corrected chi connectivity index (χ0v) is 12.8. The van der Waals surface area contributed by atoms with Crippen molar-refractivity contribution in [3.63, 3.8) is 0 Å². The van der Waals surface area contributed by atoms with Crippen LogP contribution in [0.4, 0.5) is 4.39 Å². The van der Waals surface area contributed by atoms with Crippen LogP contribution in [-0.2, 0) is 9.47 Å². The Bertz CT molecular complexity index is 846. The monoisotopic (exact) mass is 326 g/mol. The van der Waals surface area contributed by atoms with Gasteiger partial charge in [0.25, 0.3) is 0 Å². The van der Waals surface area contributed by atoms with Crippen molar-refractivity contribution in [1.82, 2.24) is 19.7 Å². The topological polar surface area (TPSA) is 62.1 Å². The molecule has 0 bridgehead atoms. The molecule has 0 radical (unpaired) electrons. The summed E-state index contributed by atoms with van der Waals surface area (Å²) in [6, 6.07) is 7.04. The molecule has 1 saturated heterocycles. The van der Waals surface area contributed by atoms with E-state index in [1.54, 1.807) is 23.3 Å². The highest BCUT2D eigenvalue weighted by Gasteiger charge is 2.18. The highest BCUT2D eigenvalue weighted by Crippen LogP contribution is 2.24. The number of halogens is 1. The van der Waals surface area contributed by atoms with E-state index in [1.807, 2.05) is 18.2 Å². The summed E-state index contributed by atoms with van der Waals surface area (Å²) in [6.07, 6.45) is 6.63. The Morgan fingerprint density at radius 1 is 1.12 bits per heavy atom. The second-order valence-corrected chi connectivity index (χ2v) is 5.41. The molecule has 122 valence electrons. The zero-order valence-electron chi connectivity index (χ0n) is 12.8. The standard InChI is InChI=1S/C17H15FN4O2/c18-13-7-14(10-19-9-13)22-11-12(8-20-22)15-3-1-4-16(21-15)17-23-5-2-6-24-17/h1,3-4,7-11,17H,2,5-6H2. The molecule has 6 nitrogen and oxygen atoms in total. The van der Waals surface area contributed by atoms with Crippen LogP contribution >= 0.6 is 0 Å².